The molecular formula is C68H131NO5. The number of esters is 1. The van der Waals surface area contributed by atoms with E-state index in [1.54, 1.807) is 0 Å². The quantitative estimate of drug-likeness (QED) is 0.0320. The van der Waals surface area contributed by atoms with Crippen LogP contribution in [-0.4, -0.2) is 47.4 Å². The topological polar surface area (TPSA) is 95.9 Å². The van der Waals surface area contributed by atoms with Crippen LogP contribution in [0.2, 0.25) is 0 Å². The van der Waals surface area contributed by atoms with Crippen LogP contribution < -0.4 is 5.32 Å². The Labute approximate surface area is 462 Å². The standard InChI is InChI=1S/C68H131NO5/c1-3-5-7-9-11-13-15-17-19-29-34-38-42-46-50-54-58-62-68(73)74-63-59-55-51-47-43-39-35-31-28-26-24-22-21-23-25-27-30-33-37-41-45-49-53-57-61-67(72)69-65(64-70)66(71)60-56-52-48-44-40-36-32-20-18-16-14-12-10-8-6-4-2/h17,19,23,25,65-66,70-71H,3-16,18,20-22,24,26-64H2,1-2H3,(H,69,72)/b19-17-,25-23-. The highest BCUT2D eigenvalue weighted by atomic mass is 16.5. The minimum Gasteiger partial charge on any atom is -0.466 e. The van der Waals surface area contributed by atoms with Gasteiger partial charge in [0.15, 0.2) is 0 Å². The molecule has 2 unspecified atom stereocenters. The summed E-state index contributed by atoms with van der Waals surface area (Å²) in [5.41, 5.74) is 0. The normalized spacial score (nSPS) is 12.6. The molecule has 0 saturated carbocycles. The van der Waals surface area contributed by atoms with E-state index in [9.17, 15) is 19.8 Å². The van der Waals surface area contributed by atoms with Gasteiger partial charge in [0, 0.05) is 12.8 Å². The molecule has 3 N–H and O–H groups in total. The van der Waals surface area contributed by atoms with Gasteiger partial charge >= 0.3 is 5.97 Å². The van der Waals surface area contributed by atoms with Crippen LogP contribution in [-0.2, 0) is 14.3 Å². The van der Waals surface area contributed by atoms with Crippen molar-refractivity contribution in [3.8, 4) is 0 Å². The predicted octanol–water partition coefficient (Wildman–Crippen LogP) is 21.4. The first-order valence-corrected chi connectivity index (χ1v) is 33.6. The molecule has 6 nitrogen and oxygen atoms in total. The van der Waals surface area contributed by atoms with Crippen LogP contribution in [0.1, 0.15) is 373 Å². The van der Waals surface area contributed by atoms with Crippen molar-refractivity contribution in [1.29, 1.82) is 0 Å². The number of carbonyl (C=O) groups is 2. The van der Waals surface area contributed by atoms with Crippen molar-refractivity contribution in [2.75, 3.05) is 13.2 Å². The summed E-state index contributed by atoms with van der Waals surface area (Å²) in [6, 6.07) is -0.545. The zero-order valence-corrected chi connectivity index (χ0v) is 50.1. The average molecular weight is 1040 g/mol. The zero-order valence-electron chi connectivity index (χ0n) is 50.1. The second-order valence-electron chi connectivity index (χ2n) is 23.1. The van der Waals surface area contributed by atoms with Crippen molar-refractivity contribution in [3.63, 3.8) is 0 Å². The highest BCUT2D eigenvalue weighted by Crippen LogP contribution is 2.18. The third-order valence-corrected chi connectivity index (χ3v) is 15.7. The van der Waals surface area contributed by atoms with Crippen LogP contribution in [0.15, 0.2) is 24.3 Å². The number of aliphatic hydroxyl groups excluding tert-OH is 2. The summed E-state index contributed by atoms with van der Waals surface area (Å²) in [6.45, 7) is 4.97. The number of ether oxygens (including phenoxy) is 1. The molecule has 0 heterocycles. The number of rotatable bonds is 63. The van der Waals surface area contributed by atoms with Crippen molar-refractivity contribution >= 4 is 11.9 Å². The first-order valence-electron chi connectivity index (χ1n) is 33.6. The molecule has 0 aromatic rings. The molecule has 0 aliphatic carbocycles. The highest BCUT2D eigenvalue weighted by molar-refractivity contribution is 5.76. The van der Waals surface area contributed by atoms with Crippen molar-refractivity contribution in [1.82, 2.24) is 5.32 Å². The second kappa shape index (κ2) is 63.9. The van der Waals surface area contributed by atoms with E-state index in [4.69, 9.17) is 4.74 Å². The first-order chi connectivity index (χ1) is 36.5. The van der Waals surface area contributed by atoms with Gasteiger partial charge in [-0.3, -0.25) is 9.59 Å². The maximum Gasteiger partial charge on any atom is 0.305 e. The van der Waals surface area contributed by atoms with Crippen LogP contribution >= 0.6 is 0 Å². The van der Waals surface area contributed by atoms with E-state index >= 15 is 0 Å². The molecule has 0 fully saturated rings. The maximum absolute atomic E-state index is 12.5. The number of hydrogen-bond acceptors (Lipinski definition) is 5. The predicted molar refractivity (Wildman–Crippen MR) is 324 cm³/mol. The Hall–Kier alpha value is -1.66. The van der Waals surface area contributed by atoms with Crippen LogP contribution in [0.5, 0.6) is 0 Å². The van der Waals surface area contributed by atoms with E-state index < -0.39 is 12.1 Å². The second-order valence-corrected chi connectivity index (χ2v) is 23.1. The van der Waals surface area contributed by atoms with Gasteiger partial charge in [-0.05, 0) is 77.0 Å². The monoisotopic (exact) mass is 1040 g/mol. The number of allylic oxidation sites excluding steroid dienone is 4. The van der Waals surface area contributed by atoms with Gasteiger partial charge in [0.2, 0.25) is 5.91 Å². The summed E-state index contributed by atoms with van der Waals surface area (Å²) < 4.78 is 5.50. The molecule has 0 aromatic heterocycles. The molecule has 0 saturated heterocycles. The van der Waals surface area contributed by atoms with Gasteiger partial charge in [-0.25, -0.2) is 0 Å². The van der Waals surface area contributed by atoms with Crippen molar-refractivity contribution in [3.05, 3.63) is 24.3 Å². The summed E-state index contributed by atoms with van der Waals surface area (Å²) in [6.07, 6.45) is 79.2. The van der Waals surface area contributed by atoms with Crippen molar-refractivity contribution in [2.45, 2.75) is 386 Å². The van der Waals surface area contributed by atoms with E-state index in [-0.39, 0.29) is 18.5 Å². The zero-order chi connectivity index (χ0) is 53.6. The lowest BCUT2D eigenvalue weighted by atomic mass is 10.0. The molecule has 0 aromatic carbocycles. The smallest absolute Gasteiger partial charge is 0.305 e. The molecule has 74 heavy (non-hydrogen) atoms. The van der Waals surface area contributed by atoms with Crippen LogP contribution in [0, 0.1) is 0 Å². The van der Waals surface area contributed by atoms with E-state index in [2.05, 4.69) is 43.5 Å². The number of unbranched alkanes of at least 4 members (excludes halogenated alkanes) is 48. The number of hydrogen-bond donors (Lipinski definition) is 3. The third kappa shape index (κ3) is 59.6. The highest BCUT2D eigenvalue weighted by Gasteiger charge is 2.20. The number of amides is 1. The van der Waals surface area contributed by atoms with E-state index in [1.807, 2.05) is 0 Å². The molecule has 2 atom stereocenters. The number of carbonyl (C=O) groups excluding carboxylic acids is 2. The first kappa shape index (κ1) is 72.3. The summed E-state index contributed by atoms with van der Waals surface area (Å²) in [4.78, 5) is 24.6. The molecule has 0 spiro atoms. The van der Waals surface area contributed by atoms with Gasteiger partial charge in [-0.2, -0.15) is 0 Å². The van der Waals surface area contributed by atoms with E-state index in [1.165, 1.54) is 295 Å². The van der Waals surface area contributed by atoms with Gasteiger partial charge in [-0.1, -0.05) is 308 Å². The Kier molecular flexibility index (Phi) is 62.4. The lowest BCUT2D eigenvalue weighted by Gasteiger charge is -2.22. The van der Waals surface area contributed by atoms with Gasteiger partial charge in [0.05, 0.1) is 25.4 Å². The fraction of sp³-hybridized carbons (Fsp3) is 0.912. The van der Waals surface area contributed by atoms with Crippen LogP contribution in [0.25, 0.3) is 0 Å². The Morgan fingerprint density at radius 1 is 0.365 bits per heavy atom. The summed E-state index contributed by atoms with van der Waals surface area (Å²) in [5.74, 6) is -0.0270. The third-order valence-electron chi connectivity index (χ3n) is 15.7. The summed E-state index contributed by atoms with van der Waals surface area (Å²) >= 11 is 0. The van der Waals surface area contributed by atoms with Crippen molar-refractivity contribution < 1.29 is 24.5 Å². The fourth-order valence-electron chi connectivity index (χ4n) is 10.6. The van der Waals surface area contributed by atoms with E-state index in [0.29, 0.717) is 25.9 Å². The Morgan fingerprint density at radius 2 is 0.635 bits per heavy atom. The number of nitrogens with one attached hydrogen (secondary N) is 1. The molecule has 6 heteroatoms. The molecule has 0 aliphatic rings. The Balaban J connectivity index is 3.39. The molecular weight excluding hydrogens is 911 g/mol. The lowest BCUT2D eigenvalue weighted by molar-refractivity contribution is -0.143. The lowest BCUT2D eigenvalue weighted by Crippen LogP contribution is -2.45. The summed E-state index contributed by atoms with van der Waals surface area (Å²) in [5, 5.41) is 23.3. The molecule has 0 bridgehead atoms. The van der Waals surface area contributed by atoms with Gasteiger partial charge in [0.1, 0.15) is 0 Å². The SMILES string of the molecule is CCCCCCCC/C=C\CCCCCCCCCC(=O)OCCCCCCCCCCCCCC/C=C\CCCCCCCCCCC(=O)NC(CO)C(O)CCCCCCCCCCCCCCCCCC. The van der Waals surface area contributed by atoms with Gasteiger partial charge < -0.3 is 20.3 Å². The average Bonchev–Trinajstić information content (AvgIpc) is 3.40. The minimum absolute atomic E-state index is 0.00986. The molecule has 438 valence electrons. The van der Waals surface area contributed by atoms with Crippen LogP contribution in [0.3, 0.4) is 0 Å². The maximum atomic E-state index is 12.5. The van der Waals surface area contributed by atoms with Gasteiger partial charge in [0.25, 0.3) is 0 Å². The largest absolute Gasteiger partial charge is 0.466 e. The van der Waals surface area contributed by atoms with Crippen LogP contribution in [0.4, 0.5) is 0 Å². The fourth-order valence-corrected chi connectivity index (χ4v) is 10.6. The molecule has 0 aliphatic heterocycles. The molecule has 0 radical (unpaired) electrons. The van der Waals surface area contributed by atoms with Crippen molar-refractivity contribution in [2.24, 2.45) is 0 Å². The Bertz CT molecular complexity index is 1150. The Morgan fingerprint density at radius 3 is 0.959 bits per heavy atom. The summed E-state index contributed by atoms with van der Waals surface area (Å²) in [7, 11) is 0. The number of aliphatic hydroxyl groups is 2. The molecule has 1 amide bonds. The minimum atomic E-state index is -0.667. The van der Waals surface area contributed by atoms with Gasteiger partial charge in [-0.15, -0.1) is 0 Å². The molecule has 0 rings (SSSR count). The van der Waals surface area contributed by atoms with E-state index in [0.717, 1.165) is 44.9 Å².